The van der Waals surface area contributed by atoms with Gasteiger partial charge in [0.25, 0.3) is 5.89 Å². The maximum absolute atomic E-state index is 5.79. The van der Waals surface area contributed by atoms with Crippen molar-refractivity contribution in [2.75, 3.05) is 19.5 Å². The molecular weight excluding hydrogens is 286 g/mol. The monoisotopic (exact) mass is 297 g/mol. The number of nitrogens with two attached hydrogens (primary N) is 1. The maximum Gasteiger partial charge on any atom is 0.257 e. The van der Waals surface area contributed by atoms with Gasteiger partial charge in [-0.25, -0.2) is 0 Å². The topological polar surface area (TPSA) is 74.2 Å². The van der Waals surface area contributed by atoms with Crippen molar-refractivity contribution in [3.05, 3.63) is 28.5 Å². The van der Waals surface area contributed by atoms with E-state index in [4.69, 9.17) is 15.0 Å². The molecule has 0 saturated heterocycles. The molecule has 90 valence electrons. The first-order chi connectivity index (χ1) is 8.20. The fourth-order valence-corrected chi connectivity index (χ4v) is 1.59. The lowest BCUT2D eigenvalue weighted by Gasteiger charge is -1.99. The van der Waals surface area contributed by atoms with E-state index in [9.17, 15) is 0 Å². The zero-order valence-electron chi connectivity index (χ0n) is 9.31. The van der Waals surface area contributed by atoms with E-state index >= 15 is 0 Å². The van der Waals surface area contributed by atoms with Gasteiger partial charge in [-0.05, 0) is 34.1 Å². The normalized spacial score (nSPS) is 10.7. The zero-order valence-corrected chi connectivity index (χ0v) is 10.9. The third-order valence-corrected chi connectivity index (χ3v) is 2.96. The first kappa shape index (κ1) is 12.1. The highest BCUT2D eigenvalue weighted by Crippen LogP contribution is 2.25. The smallest absolute Gasteiger partial charge is 0.257 e. The standard InChI is InChI=1S/C11H12BrN3O2/c1-16-5-4-10-14-11(17-15-10)7-2-3-8(12)9(13)6-7/h2-3,6H,4-5,13H2,1H3. The second kappa shape index (κ2) is 5.29. The van der Waals surface area contributed by atoms with Crippen LogP contribution in [0.4, 0.5) is 5.69 Å². The van der Waals surface area contributed by atoms with Gasteiger partial charge in [0.15, 0.2) is 5.82 Å². The van der Waals surface area contributed by atoms with Crippen molar-refractivity contribution in [3.8, 4) is 11.5 Å². The molecule has 0 radical (unpaired) electrons. The van der Waals surface area contributed by atoms with Crippen molar-refractivity contribution in [1.82, 2.24) is 10.1 Å². The molecular formula is C11H12BrN3O2. The van der Waals surface area contributed by atoms with Crippen LogP contribution < -0.4 is 5.73 Å². The van der Waals surface area contributed by atoms with Crippen molar-refractivity contribution < 1.29 is 9.26 Å². The molecule has 1 aromatic carbocycles. The Labute approximate surface area is 107 Å². The van der Waals surface area contributed by atoms with Gasteiger partial charge in [-0.1, -0.05) is 5.16 Å². The molecule has 6 heteroatoms. The third kappa shape index (κ3) is 2.83. The predicted molar refractivity (Wildman–Crippen MR) is 67.4 cm³/mol. The van der Waals surface area contributed by atoms with Crippen LogP contribution >= 0.6 is 15.9 Å². The summed E-state index contributed by atoms with van der Waals surface area (Å²) in [6, 6.07) is 5.51. The van der Waals surface area contributed by atoms with E-state index in [2.05, 4.69) is 26.1 Å². The van der Waals surface area contributed by atoms with Crippen LogP contribution in [0, 0.1) is 0 Å². The fourth-order valence-electron chi connectivity index (χ4n) is 1.34. The second-order valence-electron chi connectivity index (χ2n) is 3.49. The Morgan fingerprint density at radius 2 is 2.29 bits per heavy atom. The summed E-state index contributed by atoms with van der Waals surface area (Å²) in [7, 11) is 1.64. The summed E-state index contributed by atoms with van der Waals surface area (Å²) < 4.78 is 11.0. The van der Waals surface area contributed by atoms with Gasteiger partial charge < -0.3 is 15.0 Å². The molecule has 1 aromatic heterocycles. The van der Waals surface area contributed by atoms with Gasteiger partial charge >= 0.3 is 0 Å². The number of aromatic nitrogens is 2. The summed E-state index contributed by atoms with van der Waals surface area (Å²) in [4.78, 5) is 4.26. The SMILES string of the molecule is COCCc1noc(-c2ccc(Br)c(N)c2)n1. The first-order valence-electron chi connectivity index (χ1n) is 5.07. The molecule has 0 spiro atoms. The van der Waals surface area contributed by atoms with Crippen LogP contribution in [-0.4, -0.2) is 23.9 Å². The number of ether oxygens (including phenoxy) is 1. The summed E-state index contributed by atoms with van der Waals surface area (Å²) in [5, 5.41) is 3.86. The van der Waals surface area contributed by atoms with Crippen LogP contribution in [0.2, 0.25) is 0 Å². The lowest BCUT2D eigenvalue weighted by atomic mass is 10.2. The van der Waals surface area contributed by atoms with Crippen LogP contribution in [0.5, 0.6) is 0 Å². The summed E-state index contributed by atoms with van der Waals surface area (Å²) in [6.45, 7) is 0.571. The molecule has 0 bridgehead atoms. The van der Waals surface area contributed by atoms with E-state index in [1.807, 2.05) is 12.1 Å². The Morgan fingerprint density at radius 3 is 3.00 bits per heavy atom. The van der Waals surface area contributed by atoms with E-state index in [1.165, 1.54) is 0 Å². The Morgan fingerprint density at radius 1 is 1.47 bits per heavy atom. The lowest BCUT2D eigenvalue weighted by molar-refractivity contribution is 0.199. The molecule has 17 heavy (non-hydrogen) atoms. The zero-order chi connectivity index (χ0) is 12.3. The summed E-state index contributed by atoms with van der Waals surface area (Å²) in [6.07, 6.45) is 0.631. The number of halogens is 1. The van der Waals surface area contributed by atoms with Gasteiger partial charge in [-0.3, -0.25) is 0 Å². The van der Waals surface area contributed by atoms with Crippen molar-refractivity contribution in [2.24, 2.45) is 0 Å². The van der Waals surface area contributed by atoms with Gasteiger partial charge in [0.1, 0.15) is 0 Å². The predicted octanol–water partition coefficient (Wildman–Crippen LogP) is 2.27. The van der Waals surface area contributed by atoms with E-state index in [0.29, 0.717) is 30.4 Å². The average molecular weight is 298 g/mol. The minimum atomic E-state index is 0.468. The summed E-state index contributed by atoms with van der Waals surface area (Å²) >= 11 is 3.33. The van der Waals surface area contributed by atoms with Gasteiger partial charge in [0.05, 0.1) is 6.61 Å². The fraction of sp³-hybridized carbons (Fsp3) is 0.273. The van der Waals surface area contributed by atoms with Gasteiger partial charge in [0, 0.05) is 29.3 Å². The third-order valence-electron chi connectivity index (χ3n) is 2.24. The average Bonchev–Trinajstić information content (AvgIpc) is 2.79. The van der Waals surface area contributed by atoms with Crippen molar-refractivity contribution in [3.63, 3.8) is 0 Å². The van der Waals surface area contributed by atoms with Crippen molar-refractivity contribution in [1.29, 1.82) is 0 Å². The van der Waals surface area contributed by atoms with Crippen LogP contribution in [0.3, 0.4) is 0 Å². The Kier molecular flexibility index (Phi) is 3.75. The number of nitrogens with zero attached hydrogens (tertiary/aromatic N) is 2. The van der Waals surface area contributed by atoms with Crippen molar-refractivity contribution in [2.45, 2.75) is 6.42 Å². The molecule has 2 aromatic rings. The van der Waals surface area contributed by atoms with Crippen LogP contribution in [0.25, 0.3) is 11.5 Å². The highest BCUT2D eigenvalue weighted by molar-refractivity contribution is 9.10. The number of hydrogen-bond donors (Lipinski definition) is 1. The second-order valence-corrected chi connectivity index (χ2v) is 4.35. The molecule has 0 amide bonds. The Bertz CT molecular complexity index is 513. The molecule has 0 atom stereocenters. The summed E-state index contributed by atoms with van der Waals surface area (Å²) in [5.41, 5.74) is 7.23. The first-order valence-corrected chi connectivity index (χ1v) is 5.87. The molecule has 0 aliphatic rings. The number of anilines is 1. The van der Waals surface area contributed by atoms with Crippen LogP contribution in [0.1, 0.15) is 5.82 Å². The van der Waals surface area contributed by atoms with Crippen LogP contribution in [0.15, 0.2) is 27.2 Å². The Balaban J connectivity index is 2.21. The van der Waals surface area contributed by atoms with Gasteiger partial charge in [0.2, 0.25) is 0 Å². The van der Waals surface area contributed by atoms with Gasteiger partial charge in [-0.15, -0.1) is 0 Å². The molecule has 0 unspecified atom stereocenters. The molecule has 2 rings (SSSR count). The highest BCUT2D eigenvalue weighted by Gasteiger charge is 2.09. The minimum absolute atomic E-state index is 0.468. The lowest BCUT2D eigenvalue weighted by Crippen LogP contribution is -1.96. The maximum atomic E-state index is 5.79. The van der Waals surface area contributed by atoms with Crippen LogP contribution in [-0.2, 0) is 11.2 Å². The molecule has 0 aliphatic heterocycles. The molecule has 5 nitrogen and oxygen atoms in total. The number of benzene rings is 1. The molecule has 0 saturated carbocycles. The number of nitrogen functional groups attached to an aromatic ring is 1. The molecule has 1 heterocycles. The van der Waals surface area contributed by atoms with Crippen molar-refractivity contribution >= 4 is 21.6 Å². The van der Waals surface area contributed by atoms with E-state index in [-0.39, 0.29) is 0 Å². The molecule has 0 aliphatic carbocycles. The van der Waals surface area contributed by atoms with E-state index < -0.39 is 0 Å². The summed E-state index contributed by atoms with van der Waals surface area (Å²) in [5.74, 6) is 1.10. The number of methoxy groups -OCH3 is 1. The Hall–Kier alpha value is -1.40. The quantitative estimate of drug-likeness (QED) is 0.876. The minimum Gasteiger partial charge on any atom is -0.398 e. The number of hydrogen-bond acceptors (Lipinski definition) is 5. The molecule has 0 fully saturated rings. The van der Waals surface area contributed by atoms with E-state index in [0.717, 1.165) is 10.0 Å². The largest absolute Gasteiger partial charge is 0.398 e. The highest BCUT2D eigenvalue weighted by atomic mass is 79.9. The number of rotatable bonds is 4. The molecule has 2 N–H and O–H groups in total. The van der Waals surface area contributed by atoms with E-state index in [1.54, 1.807) is 13.2 Å². The van der Waals surface area contributed by atoms with Gasteiger partial charge in [-0.2, -0.15) is 4.98 Å².